The first-order valence-corrected chi connectivity index (χ1v) is 8.86. The zero-order valence-electron chi connectivity index (χ0n) is 13.2. The third-order valence-corrected chi connectivity index (χ3v) is 4.24. The zero-order valence-corrected chi connectivity index (χ0v) is 14.0. The molecule has 1 aliphatic carbocycles. The molecule has 23 heavy (non-hydrogen) atoms. The molecule has 0 aromatic heterocycles. The van der Waals surface area contributed by atoms with Crippen molar-refractivity contribution < 1.29 is 14.3 Å². The lowest BCUT2D eigenvalue weighted by Crippen LogP contribution is -2.14. The van der Waals surface area contributed by atoms with Crippen LogP contribution in [0.3, 0.4) is 0 Å². The zero-order chi connectivity index (χ0) is 16.5. The average molecular weight is 331 g/mol. The van der Waals surface area contributed by atoms with Gasteiger partial charge in [0.05, 0.1) is 5.75 Å². The van der Waals surface area contributed by atoms with Gasteiger partial charge in [-0.05, 0) is 42.7 Å². The number of anilines is 1. The molecule has 5 heteroatoms. The highest BCUT2D eigenvalue weighted by Crippen LogP contribution is 2.18. The van der Waals surface area contributed by atoms with Crippen LogP contribution < -0.4 is 10.1 Å². The summed E-state index contributed by atoms with van der Waals surface area (Å²) in [6.45, 7) is 1.74. The van der Waals surface area contributed by atoms with Gasteiger partial charge in [0.15, 0.2) is 0 Å². The molecule has 4 nitrogen and oxygen atoms in total. The van der Waals surface area contributed by atoms with Gasteiger partial charge in [-0.15, -0.1) is 11.8 Å². The van der Waals surface area contributed by atoms with Crippen molar-refractivity contribution in [1.82, 2.24) is 0 Å². The van der Waals surface area contributed by atoms with E-state index < -0.39 is 0 Å². The second-order valence-electron chi connectivity index (χ2n) is 5.15. The molecule has 1 aromatic rings. The van der Waals surface area contributed by atoms with Crippen LogP contribution in [0.4, 0.5) is 5.69 Å². The van der Waals surface area contributed by atoms with Crippen molar-refractivity contribution in [2.75, 3.05) is 16.8 Å². The summed E-state index contributed by atoms with van der Waals surface area (Å²) in [5.74, 6) is 1.45. The summed E-state index contributed by atoms with van der Waals surface area (Å²) in [6, 6.07) is 6.81. The smallest absolute Gasteiger partial charge is 0.310 e. The summed E-state index contributed by atoms with van der Waals surface area (Å²) in [7, 11) is 0. The lowest BCUT2D eigenvalue weighted by molar-refractivity contribution is -0.134. The lowest BCUT2D eigenvalue weighted by atomic mass is 10.1. The Bertz CT molecular complexity index is 605. The highest BCUT2D eigenvalue weighted by molar-refractivity contribution is 8.00. The molecule has 0 atom stereocenters. The van der Waals surface area contributed by atoms with Crippen molar-refractivity contribution in [2.45, 2.75) is 26.2 Å². The third-order valence-electron chi connectivity index (χ3n) is 3.23. The molecule has 1 N–H and O–H groups in total. The van der Waals surface area contributed by atoms with Gasteiger partial charge >= 0.3 is 5.97 Å². The summed E-state index contributed by atoms with van der Waals surface area (Å²) in [6.07, 6.45) is 9.06. The largest absolute Gasteiger partial charge is 0.427 e. The number of benzene rings is 1. The van der Waals surface area contributed by atoms with Crippen LogP contribution in [0.15, 0.2) is 48.1 Å². The number of hydrogen-bond donors (Lipinski definition) is 1. The van der Waals surface area contributed by atoms with Crippen LogP contribution in [0.2, 0.25) is 0 Å². The van der Waals surface area contributed by atoms with E-state index in [4.69, 9.17) is 4.74 Å². The molecule has 0 aliphatic heterocycles. The van der Waals surface area contributed by atoms with Gasteiger partial charge in [0, 0.05) is 17.9 Å². The van der Waals surface area contributed by atoms with Gasteiger partial charge in [-0.25, -0.2) is 0 Å². The van der Waals surface area contributed by atoms with Crippen LogP contribution in [-0.4, -0.2) is 23.4 Å². The highest BCUT2D eigenvalue weighted by Gasteiger charge is 2.06. The maximum absolute atomic E-state index is 11.9. The van der Waals surface area contributed by atoms with Crippen LogP contribution in [-0.2, 0) is 9.59 Å². The monoisotopic (exact) mass is 331 g/mol. The summed E-state index contributed by atoms with van der Waals surface area (Å²) in [5.41, 5.74) is 1.99. The molecule has 0 saturated heterocycles. The predicted octanol–water partition coefficient (Wildman–Crippen LogP) is 3.95. The van der Waals surface area contributed by atoms with E-state index >= 15 is 0 Å². The molecule has 1 amide bonds. The fourth-order valence-electron chi connectivity index (χ4n) is 2.04. The van der Waals surface area contributed by atoms with Gasteiger partial charge in [-0.2, -0.15) is 0 Å². The Hall–Kier alpha value is -2.01. The molecule has 0 radical (unpaired) electrons. The number of esters is 1. The third kappa shape index (κ3) is 6.32. The van der Waals surface area contributed by atoms with Crippen molar-refractivity contribution in [1.29, 1.82) is 0 Å². The maximum atomic E-state index is 11.9. The average Bonchev–Trinajstić information content (AvgIpc) is 2.57. The fraction of sp³-hybridized carbons (Fsp3) is 0.333. The first kappa shape index (κ1) is 17.3. The molecule has 122 valence electrons. The predicted molar refractivity (Wildman–Crippen MR) is 94.8 cm³/mol. The molecular weight excluding hydrogens is 310 g/mol. The number of allylic oxidation sites excluding steroid dienone is 3. The van der Waals surface area contributed by atoms with Gasteiger partial charge < -0.3 is 10.1 Å². The Morgan fingerprint density at radius 3 is 2.65 bits per heavy atom. The lowest BCUT2D eigenvalue weighted by Gasteiger charge is -2.08. The van der Waals surface area contributed by atoms with Gasteiger partial charge in [0.2, 0.25) is 5.91 Å². The van der Waals surface area contributed by atoms with Crippen LogP contribution in [0.1, 0.15) is 26.2 Å². The molecular formula is C18H21NO3S. The van der Waals surface area contributed by atoms with Gasteiger partial charge in [-0.3, -0.25) is 9.59 Å². The minimum atomic E-state index is -0.274. The topological polar surface area (TPSA) is 55.4 Å². The minimum absolute atomic E-state index is 0.0336. The van der Waals surface area contributed by atoms with E-state index in [1.807, 2.05) is 0 Å². The number of rotatable bonds is 7. The van der Waals surface area contributed by atoms with E-state index in [9.17, 15) is 9.59 Å². The summed E-state index contributed by atoms with van der Waals surface area (Å²) in [4.78, 5) is 23.1. The van der Waals surface area contributed by atoms with Crippen LogP contribution in [0, 0.1) is 0 Å². The molecule has 0 fully saturated rings. The Kier molecular flexibility index (Phi) is 6.94. The van der Waals surface area contributed by atoms with E-state index in [-0.39, 0.29) is 11.9 Å². The summed E-state index contributed by atoms with van der Waals surface area (Å²) < 4.78 is 5.09. The van der Waals surface area contributed by atoms with Crippen LogP contribution >= 0.6 is 11.8 Å². The molecule has 0 heterocycles. The SMILES string of the molecule is CCC(=O)Oc1ccc(NC(=O)CSCC2=CCCC=C2)cc1. The van der Waals surface area contributed by atoms with Crippen molar-refractivity contribution in [3.63, 3.8) is 0 Å². The minimum Gasteiger partial charge on any atom is -0.427 e. The van der Waals surface area contributed by atoms with Crippen LogP contribution in [0.25, 0.3) is 0 Å². The highest BCUT2D eigenvalue weighted by atomic mass is 32.2. The maximum Gasteiger partial charge on any atom is 0.310 e. The van der Waals surface area contributed by atoms with Gasteiger partial charge in [-0.1, -0.05) is 25.2 Å². The number of carbonyl (C=O) groups excluding carboxylic acids is 2. The van der Waals surface area contributed by atoms with Crippen LogP contribution in [0.5, 0.6) is 5.75 Å². The van der Waals surface area contributed by atoms with Crippen molar-refractivity contribution in [3.8, 4) is 5.75 Å². The number of hydrogen-bond acceptors (Lipinski definition) is 4. The number of carbonyl (C=O) groups is 2. The molecule has 1 aliphatic rings. The van der Waals surface area contributed by atoms with Gasteiger partial charge in [0.25, 0.3) is 0 Å². The molecule has 0 saturated carbocycles. The Labute approximate surface area is 141 Å². The number of thioether (sulfide) groups is 1. The first-order valence-electron chi connectivity index (χ1n) is 7.71. The Morgan fingerprint density at radius 1 is 1.22 bits per heavy atom. The Morgan fingerprint density at radius 2 is 2.00 bits per heavy atom. The number of amides is 1. The molecule has 0 unspecified atom stereocenters. The quantitative estimate of drug-likeness (QED) is 0.607. The van der Waals surface area contributed by atoms with Crippen molar-refractivity contribution in [3.05, 3.63) is 48.1 Å². The van der Waals surface area contributed by atoms with Gasteiger partial charge in [0.1, 0.15) is 5.75 Å². The molecule has 2 rings (SSSR count). The Balaban J connectivity index is 1.73. The fourth-order valence-corrected chi connectivity index (χ4v) is 2.85. The molecule has 1 aromatic carbocycles. The van der Waals surface area contributed by atoms with Crippen molar-refractivity contribution in [2.24, 2.45) is 0 Å². The molecule has 0 spiro atoms. The molecule has 0 bridgehead atoms. The van der Waals surface area contributed by atoms with E-state index in [2.05, 4.69) is 23.5 Å². The second-order valence-corrected chi connectivity index (χ2v) is 6.14. The number of nitrogens with one attached hydrogen (secondary N) is 1. The number of ether oxygens (including phenoxy) is 1. The standard InChI is InChI=1S/C18H21NO3S/c1-2-18(21)22-16-10-8-15(9-11-16)19-17(20)13-23-12-14-6-4-3-5-7-14/h4,6-11H,2-3,5,12-13H2,1H3,(H,19,20). The summed E-state index contributed by atoms with van der Waals surface area (Å²) in [5, 5.41) is 2.84. The van der Waals surface area contributed by atoms with Crippen molar-refractivity contribution >= 4 is 29.3 Å². The summed E-state index contributed by atoms with van der Waals surface area (Å²) >= 11 is 1.60. The van der Waals surface area contributed by atoms with E-state index in [0.29, 0.717) is 23.6 Å². The van der Waals surface area contributed by atoms with E-state index in [1.54, 1.807) is 43.0 Å². The van der Waals surface area contributed by atoms with E-state index in [1.165, 1.54) is 5.57 Å². The first-order chi connectivity index (χ1) is 11.2. The second kappa shape index (κ2) is 9.20. The normalized spacial score (nSPS) is 13.3. The van der Waals surface area contributed by atoms with E-state index in [0.717, 1.165) is 18.6 Å².